The molecule has 2 aromatic carbocycles. The van der Waals surface area contributed by atoms with E-state index in [2.05, 4.69) is 0 Å². The molecule has 1 aliphatic rings. The third-order valence-corrected chi connectivity index (χ3v) is 5.41. The van der Waals surface area contributed by atoms with Crippen molar-refractivity contribution in [1.29, 1.82) is 5.26 Å². The maximum absolute atomic E-state index is 12.5. The topological polar surface area (TPSA) is 57.9 Å². The van der Waals surface area contributed by atoms with Crippen LogP contribution in [-0.2, 0) is 21.3 Å². The van der Waals surface area contributed by atoms with Gasteiger partial charge in [-0.15, -0.1) is 0 Å². The molecule has 0 radical (unpaired) electrons. The monoisotopic (exact) mass is 311 g/mol. The fraction of sp³-hybridized carbons (Fsp3) is 0.278. The second-order valence-electron chi connectivity index (χ2n) is 5.82. The molecule has 0 saturated heterocycles. The molecular weight excluding hydrogens is 294 g/mol. The van der Waals surface area contributed by atoms with Gasteiger partial charge in [-0.25, -0.2) is 8.42 Å². The van der Waals surface area contributed by atoms with Crippen LogP contribution in [0.15, 0.2) is 48.5 Å². The van der Waals surface area contributed by atoms with Crippen LogP contribution in [0.1, 0.15) is 41.0 Å². The minimum absolute atomic E-state index is 0.0263. The summed E-state index contributed by atoms with van der Waals surface area (Å²) < 4.78 is 25.0. The third-order valence-electron chi connectivity index (χ3n) is 3.89. The molecule has 1 aliphatic carbocycles. The van der Waals surface area contributed by atoms with Gasteiger partial charge in [0.1, 0.15) is 0 Å². The lowest BCUT2D eigenvalue weighted by Crippen LogP contribution is -2.09. The van der Waals surface area contributed by atoms with E-state index in [0.717, 1.165) is 18.4 Å². The van der Waals surface area contributed by atoms with Crippen LogP contribution in [0.5, 0.6) is 0 Å². The Hall–Kier alpha value is -2.12. The standard InChI is InChI=1S/C18H17NO2S/c19-11-14-4-3-5-15(10-14)12-22(20,21)13-17-6-1-2-7-18(17)16-8-9-16/h1-7,10,16H,8-9,12-13H2. The Morgan fingerprint density at radius 2 is 1.82 bits per heavy atom. The SMILES string of the molecule is N#Cc1cccc(CS(=O)(=O)Cc2ccccc2C2CC2)c1. The van der Waals surface area contributed by atoms with E-state index in [-0.39, 0.29) is 11.5 Å². The lowest BCUT2D eigenvalue weighted by atomic mass is 10.1. The molecule has 0 unspecified atom stereocenters. The van der Waals surface area contributed by atoms with Gasteiger partial charge in [-0.3, -0.25) is 0 Å². The molecule has 0 bridgehead atoms. The van der Waals surface area contributed by atoms with E-state index in [9.17, 15) is 8.42 Å². The van der Waals surface area contributed by atoms with Gasteiger partial charge in [0, 0.05) is 0 Å². The third kappa shape index (κ3) is 3.55. The number of rotatable bonds is 5. The van der Waals surface area contributed by atoms with Crippen molar-refractivity contribution in [2.75, 3.05) is 0 Å². The van der Waals surface area contributed by atoms with E-state index in [4.69, 9.17) is 5.26 Å². The second kappa shape index (κ2) is 5.94. The van der Waals surface area contributed by atoms with E-state index in [1.165, 1.54) is 5.56 Å². The molecule has 2 aromatic rings. The average molecular weight is 311 g/mol. The summed E-state index contributed by atoms with van der Waals surface area (Å²) in [5.41, 5.74) is 3.26. The number of hydrogen-bond donors (Lipinski definition) is 0. The average Bonchev–Trinajstić information content (AvgIpc) is 3.31. The molecular formula is C18H17NO2S. The highest BCUT2D eigenvalue weighted by Gasteiger charge is 2.27. The molecule has 22 heavy (non-hydrogen) atoms. The van der Waals surface area contributed by atoms with Crippen molar-refractivity contribution in [3.63, 3.8) is 0 Å². The Kier molecular flexibility index (Phi) is 4.00. The van der Waals surface area contributed by atoms with E-state index in [1.54, 1.807) is 24.3 Å². The molecule has 0 heterocycles. The van der Waals surface area contributed by atoms with E-state index < -0.39 is 9.84 Å². The van der Waals surface area contributed by atoms with Crippen LogP contribution in [0.25, 0.3) is 0 Å². The Labute approximate surface area is 131 Å². The van der Waals surface area contributed by atoms with Crippen molar-refractivity contribution in [3.05, 3.63) is 70.8 Å². The largest absolute Gasteiger partial charge is 0.228 e. The van der Waals surface area contributed by atoms with Crippen molar-refractivity contribution in [2.24, 2.45) is 0 Å². The summed E-state index contributed by atoms with van der Waals surface area (Å²) in [5.74, 6) is 0.575. The van der Waals surface area contributed by atoms with Gasteiger partial charge in [-0.1, -0.05) is 36.4 Å². The van der Waals surface area contributed by atoms with Crippen LogP contribution in [0, 0.1) is 11.3 Å². The normalized spacial score (nSPS) is 14.5. The minimum Gasteiger partial charge on any atom is -0.228 e. The number of hydrogen-bond acceptors (Lipinski definition) is 3. The van der Waals surface area contributed by atoms with Gasteiger partial charge in [0.2, 0.25) is 0 Å². The van der Waals surface area contributed by atoms with Gasteiger partial charge < -0.3 is 0 Å². The van der Waals surface area contributed by atoms with Gasteiger partial charge in [0.25, 0.3) is 0 Å². The summed E-state index contributed by atoms with van der Waals surface area (Å²) in [5, 5.41) is 8.90. The fourth-order valence-electron chi connectivity index (χ4n) is 2.73. The van der Waals surface area contributed by atoms with Gasteiger partial charge in [0.15, 0.2) is 9.84 Å². The Morgan fingerprint density at radius 3 is 2.55 bits per heavy atom. The summed E-state index contributed by atoms with van der Waals surface area (Å²) in [6.45, 7) is 0. The van der Waals surface area contributed by atoms with Gasteiger partial charge >= 0.3 is 0 Å². The molecule has 3 nitrogen and oxygen atoms in total. The molecule has 0 amide bonds. The van der Waals surface area contributed by atoms with Crippen LogP contribution in [0.4, 0.5) is 0 Å². The van der Waals surface area contributed by atoms with Crippen LogP contribution < -0.4 is 0 Å². The maximum atomic E-state index is 12.5. The summed E-state index contributed by atoms with van der Waals surface area (Å²) in [6, 6.07) is 16.7. The molecule has 1 fully saturated rings. The summed E-state index contributed by atoms with van der Waals surface area (Å²) in [6.07, 6.45) is 2.31. The van der Waals surface area contributed by atoms with Crippen molar-refractivity contribution in [1.82, 2.24) is 0 Å². The first-order valence-electron chi connectivity index (χ1n) is 7.35. The molecule has 0 N–H and O–H groups in total. The molecule has 3 rings (SSSR count). The van der Waals surface area contributed by atoms with Crippen LogP contribution in [-0.4, -0.2) is 8.42 Å². The zero-order chi connectivity index (χ0) is 15.6. The molecule has 1 saturated carbocycles. The second-order valence-corrected chi connectivity index (χ2v) is 7.88. The summed E-state index contributed by atoms with van der Waals surface area (Å²) >= 11 is 0. The molecule has 0 aliphatic heterocycles. The minimum atomic E-state index is -3.25. The first kappa shape index (κ1) is 14.8. The molecule has 0 atom stereocenters. The summed E-state index contributed by atoms with van der Waals surface area (Å²) in [4.78, 5) is 0. The predicted molar refractivity (Wildman–Crippen MR) is 85.9 cm³/mol. The molecule has 0 spiro atoms. The van der Waals surface area contributed by atoms with Crippen molar-refractivity contribution in [2.45, 2.75) is 30.3 Å². The van der Waals surface area contributed by atoms with E-state index >= 15 is 0 Å². The Balaban J connectivity index is 1.80. The highest BCUT2D eigenvalue weighted by atomic mass is 32.2. The number of benzene rings is 2. The first-order valence-corrected chi connectivity index (χ1v) is 9.17. The van der Waals surface area contributed by atoms with Gasteiger partial charge in [-0.05, 0) is 47.6 Å². The van der Waals surface area contributed by atoms with Gasteiger partial charge in [-0.2, -0.15) is 5.26 Å². The number of nitriles is 1. The van der Waals surface area contributed by atoms with Crippen LogP contribution >= 0.6 is 0 Å². The molecule has 112 valence electrons. The quantitative estimate of drug-likeness (QED) is 0.848. The van der Waals surface area contributed by atoms with E-state index in [1.807, 2.05) is 30.3 Å². The maximum Gasteiger partial charge on any atom is 0.158 e. The van der Waals surface area contributed by atoms with Crippen molar-refractivity contribution in [3.8, 4) is 6.07 Å². The smallest absolute Gasteiger partial charge is 0.158 e. The molecule has 4 heteroatoms. The first-order chi connectivity index (χ1) is 10.6. The highest BCUT2D eigenvalue weighted by molar-refractivity contribution is 7.89. The van der Waals surface area contributed by atoms with Crippen LogP contribution in [0.2, 0.25) is 0 Å². The lowest BCUT2D eigenvalue weighted by molar-refractivity contribution is 0.594. The molecule has 0 aromatic heterocycles. The van der Waals surface area contributed by atoms with Crippen molar-refractivity contribution >= 4 is 9.84 Å². The van der Waals surface area contributed by atoms with Gasteiger partial charge in [0.05, 0.1) is 23.1 Å². The van der Waals surface area contributed by atoms with E-state index in [0.29, 0.717) is 17.0 Å². The van der Waals surface area contributed by atoms with Crippen LogP contribution in [0.3, 0.4) is 0 Å². The Morgan fingerprint density at radius 1 is 1.05 bits per heavy atom. The summed E-state index contributed by atoms with van der Waals surface area (Å²) in [7, 11) is -3.25. The number of nitrogens with zero attached hydrogens (tertiary/aromatic N) is 1. The van der Waals surface area contributed by atoms with Crippen molar-refractivity contribution < 1.29 is 8.42 Å². The zero-order valence-corrected chi connectivity index (χ0v) is 13.0. The number of sulfone groups is 1. The predicted octanol–water partition coefficient (Wildman–Crippen LogP) is 3.55. The lowest BCUT2D eigenvalue weighted by Gasteiger charge is -2.10. The zero-order valence-electron chi connectivity index (χ0n) is 12.2. The fourth-order valence-corrected chi connectivity index (χ4v) is 4.26. The highest BCUT2D eigenvalue weighted by Crippen LogP contribution is 2.42. The Bertz CT molecular complexity index is 830.